The molecule has 0 bridgehead atoms. The molecule has 0 radical (unpaired) electrons. The predicted molar refractivity (Wildman–Crippen MR) is 44.5 cm³/mol. The van der Waals surface area contributed by atoms with Crippen LogP contribution in [0.25, 0.3) is 0 Å². The molecule has 5 nitrogen and oxygen atoms in total. The van der Waals surface area contributed by atoms with Crippen molar-refractivity contribution in [1.82, 2.24) is 10.1 Å². The van der Waals surface area contributed by atoms with Crippen molar-refractivity contribution in [3.63, 3.8) is 0 Å². The summed E-state index contributed by atoms with van der Waals surface area (Å²) in [6, 6.07) is 1.72. The van der Waals surface area contributed by atoms with Crippen molar-refractivity contribution in [2.75, 3.05) is 6.54 Å². The third kappa shape index (κ3) is 1.70. The fourth-order valence-corrected chi connectivity index (χ4v) is 1.47. The van der Waals surface area contributed by atoms with Crippen LogP contribution in [0.2, 0.25) is 0 Å². The maximum absolute atomic E-state index is 11.3. The highest BCUT2D eigenvalue weighted by Crippen LogP contribution is 2.12. The van der Waals surface area contributed by atoms with Gasteiger partial charge in [0.15, 0.2) is 0 Å². The molecule has 0 aromatic carbocycles. The van der Waals surface area contributed by atoms with E-state index >= 15 is 0 Å². The van der Waals surface area contributed by atoms with Gasteiger partial charge in [0.2, 0.25) is 5.91 Å². The quantitative estimate of drug-likeness (QED) is 0.682. The summed E-state index contributed by atoms with van der Waals surface area (Å²) in [7, 11) is 0. The number of rotatable bonds is 2. The molecule has 1 amide bonds. The van der Waals surface area contributed by atoms with E-state index in [1.807, 2.05) is 0 Å². The standard InChI is InChI=1S/C8H11N3O2/c9-6-3-8(12)11(4-6)5-7-1-2-13-10-7/h1-2,6H,3-5,9H2. The van der Waals surface area contributed by atoms with Crippen molar-refractivity contribution in [3.05, 3.63) is 18.0 Å². The minimum atomic E-state index is -0.0283. The summed E-state index contributed by atoms with van der Waals surface area (Å²) in [4.78, 5) is 13.0. The number of carbonyl (C=O) groups is 1. The third-order valence-electron chi connectivity index (χ3n) is 2.09. The largest absolute Gasteiger partial charge is 0.364 e. The molecule has 1 aliphatic rings. The van der Waals surface area contributed by atoms with Crippen LogP contribution in [-0.2, 0) is 11.3 Å². The van der Waals surface area contributed by atoms with E-state index in [-0.39, 0.29) is 11.9 Å². The van der Waals surface area contributed by atoms with Gasteiger partial charge >= 0.3 is 0 Å². The van der Waals surface area contributed by atoms with Crippen molar-refractivity contribution in [2.24, 2.45) is 5.73 Å². The molecule has 0 spiro atoms. The molecule has 1 unspecified atom stereocenters. The first-order valence-electron chi connectivity index (χ1n) is 4.18. The van der Waals surface area contributed by atoms with Gasteiger partial charge in [-0.25, -0.2) is 0 Å². The van der Waals surface area contributed by atoms with E-state index in [0.29, 0.717) is 19.5 Å². The number of carbonyl (C=O) groups excluding carboxylic acids is 1. The number of nitrogens with two attached hydrogens (primary N) is 1. The Balaban J connectivity index is 1.99. The van der Waals surface area contributed by atoms with Gasteiger partial charge in [0.1, 0.15) is 12.0 Å². The van der Waals surface area contributed by atoms with Crippen molar-refractivity contribution in [2.45, 2.75) is 19.0 Å². The topological polar surface area (TPSA) is 72.4 Å². The molecule has 2 rings (SSSR count). The fraction of sp³-hybridized carbons (Fsp3) is 0.500. The van der Waals surface area contributed by atoms with Crippen LogP contribution in [-0.4, -0.2) is 28.6 Å². The van der Waals surface area contributed by atoms with Crippen molar-refractivity contribution in [3.8, 4) is 0 Å². The van der Waals surface area contributed by atoms with Gasteiger partial charge < -0.3 is 15.2 Å². The zero-order valence-corrected chi connectivity index (χ0v) is 7.14. The zero-order chi connectivity index (χ0) is 9.26. The van der Waals surface area contributed by atoms with Gasteiger partial charge in [-0.3, -0.25) is 4.79 Å². The van der Waals surface area contributed by atoms with Gasteiger partial charge in [0.25, 0.3) is 0 Å². The molecule has 1 saturated heterocycles. The van der Waals surface area contributed by atoms with Crippen LogP contribution in [0.4, 0.5) is 0 Å². The minimum Gasteiger partial charge on any atom is -0.364 e. The molecular formula is C8H11N3O2. The summed E-state index contributed by atoms with van der Waals surface area (Å²) >= 11 is 0. The van der Waals surface area contributed by atoms with Crippen LogP contribution in [0.5, 0.6) is 0 Å². The molecule has 1 aliphatic heterocycles. The Bertz CT molecular complexity index is 296. The number of hydrogen-bond acceptors (Lipinski definition) is 4. The monoisotopic (exact) mass is 181 g/mol. The highest BCUT2D eigenvalue weighted by atomic mass is 16.5. The molecule has 2 heterocycles. The fourth-order valence-electron chi connectivity index (χ4n) is 1.47. The number of hydrogen-bond donors (Lipinski definition) is 1. The number of nitrogens with zero attached hydrogens (tertiary/aromatic N) is 2. The van der Waals surface area contributed by atoms with Crippen LogP contribution < -0.4 is 5.73 Å². The smallest absolute Gasteiger partial charge is 0.224 e. The highest BCUT2D eigenvalue weighted by Gasteiger charge is 2.27. The van der Waals surface area contributed by atoms with Crippen LogP contribution >= 0.6 is 0 Å². The van der Waals surface area contributed by atoms with Crippen LogP contribution in [0.3, 0.4) is 0 Å². The van der Waals surface area contributed by atoms with Gasteiger partial charge in [-0.05, 0) is 0 Å². The maximum Gasteiger partial charge on any atom is 0.224 e. The van der Waals surface area contributed by atoms with E-state index in [1.54, 1.807) is 11.0 Å². The summed E-state index contributed by atoms with van der Waals surface area (Å²) in [5.74, 6) is 0.0931. The van der Waals surface area contributed by atoms with Crippen LogP contribution in [0.15, 0.2) is 16.9 Å². The van der Waals surface area contributed by atoms with Crippen molar-refractivity contribution >= 4 is 5.91 Å². The molecule has 0 saturated carbocycles. The number of amides is 1. The molecule has 0 aliphatic carbocycles. The lowest BCUT2D eigenvalue weighted by atomic mass is 10.3. The lowest BCUT2D eigenvalue weighted by Crippen LogP contribution is -2.27. The van der Waals surface area contributed by atoms with Gasteiger partial charge in [-0.2, -0.15) is 0 Å². The molecule has 5 heteroatoms. The van der Waals surface area contributed by atoms with Crippen LogP contribution in [0, 0.1) is 0 Å². The van der Waals surface area contributed by atoms with E-state index in [0.717, 1.165) is 5.69 Å². The van der Waals surface area contributed by atoms with E-state index in [4.69, 9.17) is 5.73 Å². The lowest BCUT2D eigenvalue weighted by Gasteiger charge is -2.13. The Morgan fingerprint density at radius 3 is 3.15 bits per heavy atom. The second-order valence-electron chi connectivity index (χ2n) is 3.23. The number of likely N-dealkylation sites (tertiary alicyclic amines) is 1. The van der Waals surface area contributed by atoms with E-state index < -0.39 is 0 Å². The first kappa shape index (κ1) is 8.25. The van der Waals surface area contributed by atoms with Gasteiger partial charge in [0.05, 0.1) is 6.54 Å². The van der Waals surface area contributed by atoms with Gasteiger partial charge in [-0.1, -0.05) is 5.16 Å². The molecule has 1 aromatic heterocycles. The van der Waals surface area contributed by atoms with Gasteiger partial charge in [-0.15, -0.1) is 0 Å². The van der Waals surface area contributed by atoms with E-state index in [1.165, 1.54) is 6.26 Å². The molecule has 1 atom stereocenters. The predicted octanol–water partition coefficient (Wildman–Crippen LogP) is -0.266. The van der Waals surface area contributed by atoms with E-state index in [2.05, 4.69) is 9.68 Å². The Morgan fingerprint density at radius 1 is 1.77 bits per heavy atom. The van der Waals surface area contributed by atoms with Crippen LogP contribution in [0.1, 0.15) is 12.1 Å². The summed E-state index contributed by atoms with van der Waals surface area (Å²) in [6.07, 6.45) is 1.94. The molecule has 13 heavy (non-hydrogen) atoms. The summed E-state index contributed by atoms with van der Waals surface area (Å²) in [6.45, 7) is 1.12. The third-order valence-corrected chi connectivity index (χ3v) is 2.09. The summed E-state index contributed by atoms with van der Waals surface area (Å²) < 4.78 is 4.67. The highest BCUT2D eigenvalue weighted by molar-refractivity contribution is 5.79. The Labute approximate surface area is 75.5 Å². The molecular weight excluding hydrogens is 170 g/mol. The SMILES string of the molecule is NC1CC(=O)N(Cc2ccon2)C1. The second kappa shape index (κ2) is 3.18. The first-order valence-corrected chi connectivity index (χ1v) is 4.18. The Morgan fingerprint density at radius 2 is 2.62 bits per heavy atom. The maximum atomic E-state index is 11.3. The van der Waals surface area contributed by atoms with Crippen molar-refractivity contribution in [1.29, 1.82) is 0 Å². The zero-order valence-electron chi connectivity index (χ0n) is 7.14. The Hall–Kier alpha value is -1.36. The van der Waals surface area contributed by atoms with Gasteiger partial charge in [0, 0.05) is 25.1 Å². The lowest BCUT2D eigenvalue weighted by molar-refractivity contribution is -0.128. The number of aromatic nitrogens is 1. The molecule has 1 aromatic rings. The molecule has 70 valence electrons. The average Bonchev–Trinajstić information content (AvgIpc) is 2.63. The molecule has 2 N–H and O–H groups in total. The minimum absolute atomic E-state index is 0.0283. The summed E-state index contributed by atoms with van der Waals surface area (Å²) in [5.41, 5.74) is 6.40. The molecule has 1 fully saturated rings. The Kier molecular flexibility index (Phi) is 2.02. The normalized spacial score (nSPS) is 22.7. The second-order valence-corrected chi connectivity index (χ2v) is 3.23. The average molecular weight is 181 g/mol. The first-order chi connectivity index (χ1) is 6.25. The summed E-state index contributed by atoms with van der Waals surface area (Å²) in [5, 5.41) is 3.73. The van der Waals surface area contributed by atoms with Crippen molar-refractivity contribution < 1.29 is 9.32 Å². The van der Waals surface area contributed by atoms with E-state index in [9.17, 15) is 4.79 Å².